The Morgan fingerprint density at radius 1 is 1.05 bits per heavy atom. The van der Waals surface area contributed by atoms with Crippen LogP contribution in [0.15, 0.2) is 0 Å². The van der Waals surface area contributed by atoms with Gasteiger partial charge in [-0.1, -0.05) is 0 Å². The molecule has 0 aromatic rings. The zero-order valence-electron chi connectivity index (χ0n) is 12.0. The van der Waals surface area contributed by atoms with Gasteiger partial charge in [0, 0.05) is 37.0 Å². The van der Waals surface area contributed by atoms with Gasteiger partial charge in [0.05, 0.1) is 20.0 Å². The van der Waals surface area contributed by atoms with E-state index in [1.807, 2.05) is 0 Å². The average Bonchev–Trinajstić information content (AvgIpc) is 2.35. The van der Waals surface area contributed by atoms with Crippen LogP contribution < -0.4 is 0 Å². The lowest BCUT2D eigenvalue weighted by atomic mass is 9.57. The Morgan fingerprint density at radius 3 is 2.10 bits per heavy atom. The van der Waals surface area contributed by atoms with E-state index in [4.69, 9.17) is 0 Å². The fourth-order valence-corrected chi connectivity index (χ4v) is 3.63. The summed E-state index contributed by atoms with van der Waals surface area (Å²) in [6.07, 6.45) is 0.195. The third-order valence-electron chi connectivity index (χ3n) is 4.41. The van der Waals surface area contributed by atoms with E-state index >= 15 is 0 Å². The number of methoxy groups -OCH3 is 1. The van der Waals surface area contributed by atoms with Crippen LogP contribution in [0.1, 0.15) is 44.9 Å². The molecule has 1 spiro atoms. The van der Waals surface area contributed by atoms with Crippen LogP contribution in [-0.4, -0.2) is 36.2 Å². The Balaban J connectivity index is 2.25. The van der Waals surface area contributed by atoms with Gasteiger partial charge in [-0.25, -0.2) is 0 Å². The first-order valence-corrected chi connectivity index (χ1v) is 7.01. The number of hydrogen-bond donors (Lipinski definition) is 0. The lowest BCUT2D eigenvalue weighted by Crippen LogP contribution is -2.48. The molecule has 6 heteroatoms. The SMILES string of the molecule is COC(=O)CCC1C(=O)CC(=O)CC12CC(=O)CC(=O)C2. The highest BCUT2D eigenvalue weighted by Gasteiger charge is 2.51. The maximum Gasteiger partial charge on any atom is 0.305 e. The minimum atomic E-state index is -0.910. The molecule has 1 atom stereocenters. The zero-order valence-corrected chi connectivity index (χ0v) is 12.0. The summed E-state index contributed by atoms with van der Waals surface area (Å²) >= 11 is 0. The molecule has 21 heavy (non-hydrogen) atoms. The highest BCUT2D eigenvalue weighted by molar-refractivity contribution is 6.08. The van der Waals surface area contributed by atoms with E-state index in [2.05, 4.69) is 4.74 Å². The Morgan fingerprint density at radius 2 is 1.57 bits per heavy atom. The summed E-state index contributed by atoms with van der Waals surface area (Å²) in [5, 5.41) is 0. The highest BCUT2D eigenvalue weighted by Crippen LogP contribution is 2.48. The number of ether oxygens (including phenoxy) is 1. The van der Waals surface area contributed by atoms with Crippen LogP contribution in [-0.2, 0) is 28.7 Å². The van der Waals surface area contributed by atoms with Crippen LogP contribution in [0, 0.1) is 11.3 Å². The first kappa shape index (κ1) is 15.5. The smallest absolute Gasteiger partial charge is 0.305 e. The fraction of sp³-hybridized carbons (Fsp3) is 0.667. The van der Waals surface area contributed by atoms with Crippen molar-refractivity contribution in [3.05, 3.63) is 0 Å². The summed E-state index contributed by atoms with van der Waals surface area (Å²) in [7, 11) is 1.26. The van der Waals surface area contributed by atoms with E-state index in [1.54, 1.807) is 0 Å². The van der Waals surface area contributed by atoms with E-state index < -0.39 is 17.3 Å². The van der Waals surface area contributed by atoms with Crippen LogP contribution in [0.4, 0.5) is 0 Å². The Hall–Kier alpha value is -1.85. The minimum Gasteiger partial charge on any atom is -0.469 e. The van der Waals surface area contributed by atoms with Crippen LogP contribution >= 0.6 is 0 Å². The highest BCUT2D eigenvalue weighted by atomic mass is 16.5. The molecular weight excluding hydrogens is 276 g/mol. The van der Waals surface area contributed by atoms with E-state index in [0.717, 1.165) is 0 Å². The van der Waals surface area contributed by atoms with Crippen molar-refractivity contribution >= 4 is 29.1 Å². The van der Waals surface area contributed by atoms with E-state index in [-0.39, 0.29) is 68.1 Å². The summed E-state index contributed by atoms with van der Waals surface area (Å²) in [5.74, 6) is -1.98. The molecule has 2 aliphatic rings. The molecule has 2 aliphatic carbocycles. The van der Waals surface area contributed by atoms with Gasteiger partial charge >= 0.3 is 5.97 Å². The molecule has 0 heterocycles. The second-order valence-corrected chi connectivity index (χ2v) is 6.00. The maximum absolute atomic E-state index is 12.2. The molecule has 0 saturated heterocycles. The van der Waals surface area contributed by atoms with E-state index in [9.17, 15) is 24.0 Å². The van der Waals surface area contributed by atoms with E-state index in [1.165, 1.54) is 7.11 Å². The second-order valence-electron chi connectivity index (χ2n) is 6.00. The van der Waals surface area contributed by atoms with E-state index in [0.29, 0.717) is 0 Å². The summed E-state index contributed by atoms with van der Waals surface area (Å²) in [4.78, 5) is 58.8. The van der Waals surface area contributed by atoms with Crippen molar-refractivity contribution in [1.82, 2.24) is 0 Å². The number of hydrogen-bond acceptors (Lipinski definition) is 6. The second kappa shape index (κ2) is 5.87. The van der Waals surface area contributed by atoms with Gasteiger partial charge in [-0.3, -0.25) is 24.0 Å². The lowest BCUT2D eigenvalue weighted by molar-refractivity contribution is -0.147. The van der Waals surface area contributed by atoms with Crippen molar-refractivity contribution < 1.29 is 28.7 Å². The van der Waals surface area contributed by atoms with Gasteiger partial charge in [0.25, 0.3) is 0 Å². The standard InChI is InChI=1S/C15H18O6/c1-21-14(20)3-2-12-13(19)5-11(18)8-15(12)6-9(16)4-10(17)7-15/h12H,2-8H2,1H3. The summed E-state index contributed by atoms with van der Waals surface area (Å²) in [6.45, 7) is 0. The fourth-order valence-electron chi connectivity index (χ4n) is 3.63. The normalized spacial score (nSPS) is 25.3. The molecule has 0 aromatic carbocycles. The zero-order chi connectivity index (χ0) is 15.6. The van der Waals surface area contributed by atoms with Crippen LogP contribution in [0.5, 0.6) is 0 Å². The van der Waals surface area contributed by atoms with Crippen molar-refractivity contribution in [3.63, 3.8) is 0 Å². The minimum absolute atomic E-state index is 0.0469. The number of rotatable bonds is 3. The van der Waals surface area contributed by atoms with Gasteiger partial charge in [-0.15, -0.1) is 0 Å². The quantitative estimate of drug-likeness (QED) is 0.564. The monoisotopic (exact) mass is 294 g/mol. The predicted octanol–water partition coefficient (Wildman–Crippen LogP) is 0.796. The summed E-state index contributed by atoms with van der Waals surface area (Å²) in [6, 6.07) is 0. The van der Waals surface area contributed by atoms with Crippen molar-refractivity contribution in [2.45, 2.75) is 44.9 Å². The molecule has 0 aliphatic heterocycles. The average molecular weight is 294 g/mol. The van der Waals surface area contributed by atoms with Crippen molar-refractivity contribution in [1.29, 1.82) is 0 Å². The third-order valence-corrected chi connectivity index (χ3v) is 4.41. The van der Waals surface area contributed by atoms with Crippen molar-refractivity contribution in [3.8, 4) is 0 Å². The topological polar surface area (TPSA) is 94.6 Å². The molecule has 6 nitrogen and oxygen atoms in total. The molecule has 0 bridgehead atoms. The molecular formula is C15H18O6. The third kappa shape index (κ3) is 3.25. The maximum atomic E-state index is 12.2. The predicted molar refractivity (Wildman–Crippen MR) is 70.3 cm³/mol. The first-order valence-electron chi connectivity index (χ1n) is 7.01. The van der Waals surface area contributed by atoms with Crippen LogP contribution in [0.25, 0.3) is 0 Å². The Kier molecular flexibility index (Phi) is 4.34. The lowest BCUT2D eigenvalue weighted by Gasteiger charge is -2.43. The summed E-state index contributed by atoms with van der Waals surface area (Å²) in [5.41, 5.74) is -0.910. The Bertz CT molecular complexity index is 486. The van der Waals surface area contributed by atoms with Gasteiger partial charge in [0.15, 0.2) is 0 Å². The van der Waals surface area contributed by atoms with Crippen LogP contribution in [0.3, 0.4) is 0 Å². The van der Waals surface area contributed by atoms with Crippen molar-refractivity contribution in [2.24, 2.45) is 11.3 Å². The molecule has 114 valence electrons. The molecule has 2 rings (SSSR count). The Labute approximate surface area is 122 Å². The molecule has 2 fully saturated rings. The van der Waals surface area contributed by atoms with Gasteiger partial charge in [0.1, 0.15) is 23.1 Å². The van der Waals surface area contributed by atoms with Gasteiger partial charge in [-0.2, -0.15) is 0 Å². The number of carbonyl (C=O) groups is 5. The largest absolute Gasteiger partial charge is 0.469 e. The number of carbonyl (C=O) groups excluding carboxylic acids is 5. The molecule has 0 aromatic heterocycles. The number of esters is 1. The van der Waals surface area contributed by atoms with Crippen molar-refractivity contribution in [2.75, 3.05) is 7.11 Å². The van der Waals surface area contributed by atoms with Gasteiger partial charge in [0.2, 0.25) is 0 Å². The van der Waals surface area contributed by atoms with Gasteiger partial charge in [-0.05, 0) is 6.42 Å². The molecule has 0 N–H and O–H groups in total. The molecule has 2 saturated carbocycles. The molecule has 1 unspecified atom stereocenters. The summed E-state index contributed by atoms with van der Waals surface area (Å²) < 4.78 is 4.56. The molecule has 0 amide bonds. The molecule has 0 radical (unpaired) electrons. The van der Waals surface area contributed by atoms with Gasteiger partial charge < -0.3 is 4.74 Å². The number of ketones is 4. The van der Waals surface area contributed by atoms with Crippen LogP contribution in [0.2, 0.25) is 0 Å². The first-order chi connectivity index (χ1) is 9.86. The number of Topliss-reactive ketones (excluding diaryl/α,β-unsaturated/α-hetero) is 4.